The van der Waals surface area contributed by atoms with Crippen LogP contribution in [0.4, 0.5) is 11.5 Å². The van der Waals surface area contributed by atoms with E-state index in [1.807, 2.05) is 0 Å². The quantitative estimate of drug-likeness (QED) is 0.814. The number of hydrogen-bond donors (Lipinski definition) is 1. The van der Waals surface area contributed by atoms with Crippen LogP contribution in [0.25, 0.3) is 0 Å². The van der Waals surface area contributed by atoms with E-state index in [-0.39, 0.29) is 0 Å². The first-order valence-corrected chi connectivity index (χ1v) is 5.61. The predicted molar refractivity (Wildman–Crippen MR) is 61.7 cm³/mol. The molecule has 1 aromatic rings. The monoisotopic (exact) mass is 206 g/mol. The average Bonchev–Trinajstić information content (AvgIpc) is 2.19. The Bertz CT molecular complexity index is 322. The fourth-order valence-corrected chi connectivity index (χ4v) is 1.95. The van der Waals surface area contributed by atoms with Gasteiger partial charge >= 0.3 is 0 Å². The lowest BCUT2D eigenvalue weighted by Crippen LogP contribution is -2.33. The third-order valence-electron chi connectivity index (χ3n) is 3.10. The highest BCUT2D eigenvalue weighted by Crippen LogP contribution is 2.29. The highest BCUT2D eigenvalue weighted by molar-refractivity contribution is 5.60. The van der Waals surface area contributed by atoms with E-state index in [0.717, 1.165) is 24.8 Å². The van der Waals surface area contributed by atoms with Gasteiger partial charge in [0, 0.05) is 13.1 Å². The van der Waals surface area contributed by atoms with E-state index in [1.165, 1.54) is 19.3 Å². The molecule has 1 fully saturated rings. The standard InChI is InChI=1S/C11H18N4/c1-2-15(7-9-4-3-5-9)11-10(12)6-13-8-14-11/h6,8-9H,2-5,7,12H2,1H3. The molecule has 1 aromatic heterocycles. The smallest absolute Gasteiger partial charge is 0.155 e. The lowest BCUT2D eigenvalue weighted by molar-refractivity contribution is 0.318. The van der Waals surface area contributed by atoms with Gasteiger partial charge in [-0.05, 0) is 25.7 Å². The summed E-state index contributed by atoms with van der Waals surface area (Å²) in [5.74, 6) is 1.72. The van der Waals surface area contributed by atoms with Gasteiger partial charge in [0.1, 0.15) is 6.33 Å². The molecule has 4 nitrogen and oxygen atoms in total. The zero-order chi connectivity index (χ0) is 10.7. The summed E-state index contributed by atoms with van der Waals surface area (Å²) in [5, 5.41) is 0. The summed E-state index contributed by atoms with van der Waals surface area (Å²) in [5.41, 5.74) is 6.54. The van der Waals surface area contributed by atoms with Crippen molar-refractivity contribution in [2.45, 2.75) is 26.2 Å². The van der Waals surface area contributed by atoms with Gasteiger partial charge in [0.05, 0.1) is 11.9 Å². The summed E-state index contributed by atoms with van der Waals surface area (Å²) in [6.45, 7) is 4.18. The molecule has 0 saturated heterocycles. The number of rotatable bonds is 4. The van der Waals surface area contributed by atoms with E-state index in [4.69, 9.17) is 5.73 Å². The molecule has 0 amide bonds. The largest absolute Gasteiger partial charge is 0.394 e. The lowest BCUT2D eigenvalue weighted by Gasteiger charge is -2.32. The van der Waals surface area contributed by atoms with E-state index >= 15 is 0 Å². The van der Waals surface area contributed by atoms with Crippen molar-refractivity contribution in [3.63, 3.8) is 0 Å². The van der Waals surface area contributed by atoms with Crippen molar-refractivity contribution in [3.8, 4) is 0 Å². The van der Waals surface area contributed by atoms with Crippen LogP contribution in [0.5, 0.6) is 0 Å². The summed E-state index contributed by atoms with van der Waals surface area (Å²) >= 11 is 0. The molecule has 2 rings (SSSR count). The van der Waals surface area contributed by atoms with E-state index in [0.29, 0.717) is 5.69 Å². The van der Waals surface area contributed by atoms with Gasteiger partial charge < -0.3 is 10.6 Å². The maximum absolute atomic E-state index is 5.87. The molecule has 1 heterocycles. The Morgan fingerprint density at radius 1 is 1.53 bits per heavy atom. The first-order valence-electron chi connectivity index (χ1n) is 5.61. The highest BCUT2D eigenvalue weighted by Gasteiger charge is 2.21. The van der Waals surface area contributed by atoms with Crippen LogP contribution in [-0.2, 0) is 0 Å². The summed E-state index contributed by atoms with van der Waals surface area (Å²) in [6.07, 6.45) is 7.31. The number of nitrogens with two attached hydrogens (primary N) is 1. The SMILES string of the molecule is CCN(CC1CCC1)c1ncncc1N. The maximum Gasteiger partial charge on any atom is 0.155 e. The van der Waals surface area contributed by atoms with Crippen LogP contribution in [0, 0.1) is 5.92 Å². The van der Waals surface area contributed by atoms with Gasteiger partial charge in [-0.2, -0.15) is 0 Å². The Morgan fingerprint density at radius 2 is 2.33 bits per heavy atom. The first-order chi connectivity index (χ1) is 7.31. The highest BCUT2D eigenvalue weighted by atomic mass is 15.2. The van der Waals surface area contributed by atoms with Crippen LogP contribution < -0.4 is 10.6 Å². The number of nitrogens with zero attached hydrogens (tertiary/aromatic N) is 3. The zero-order valence-electron chi connectivity index (χ0n) is 9.19. The van der Waals surface area contributed by atoms with Crippen molar-refractivity contribution >= 4 is 11.5 Å². The molecular weight excluding hydrogens is 188 g/mol. The van der Waals surface area contributed by atoms with Crippen molar-refractivity contribution in [2.75, 3.05) is 23.7 Å². The summed E-state index contributed by atoms with van der Waals surface area (Å²) < 4.78 is 0. The van der Waals surface area contributed by atoms with Gasteiger partial charge in [-0.25, -0.2) is 9.97 Å². The van der Waals surface area contributed by atoms with Gasteiger partial charge in [-0.1, -0.05) is 6.42 Å². The Balaban J connectivity index is 2.07. The third-order valence-corrected chi connectivity index (χ3v) is 3.10. The minimum atomic E-state index is 0.679. The molecule has 0 aliphatic heterocycles. The second-order valence-electron chi connectivity index (χ2n) is 4.14. The Morgan fingerprint density at radius 3 is 2.87 bits per heavy atom. The molecule has 0 atom stereocenters. The van der Waals surface area contributed by atoms with Crippen LogP contribution in [0.2, 0.25) is 0 Å². The minimum absolute atomic E-state index is 0.679. The molecule has 0 radical (unpaired) electrons. The first kappa shape index (κ1) is 10.2. The second-order valence-corrected chi connectivity index (χ2v) is 4.14. The molecule has 0 aromatic carbocycles. The molecule has 82 valence electrons. The zero-order valence-corrected chi connectivity index (χ0v) is 9.19. The van der Waals surface area contributed by atoms with Crippen molar-refractivity contribution in [3.05, 3.63) is 12.5 Å². The third kappa shape index (κ3) is 2.19. The van der Waals surface area contributed by atoms with Crippen molar-refractivity contribution in [1.82, 2.24) is 9.97 Å². The van der Waals surface area contributed by atoms with E-state index in [9.17, 15) is 0 Å². The topological polar surface area (TPSA) is 55.0 Å². The number of aromatic nitrogens is 2. The van der Waals surface area contributed by atoms with Gasteiger partial charge in [0.25, 0.3) is 0 Å². The lowest BCUT2D eigenvalue weighted by atomic mass is 9.85. The molecule has 1 aliphatic rings. The second kappa shape index (κ2) is 4.47. The van der Waals surface area contributed by atoms with Crippen LogP contribution in [0.15, 0.2) is 12.5 Å². The van der Waals surface area contributed by atoms with Gasteiger partial charge in [-0.3, -0.25) is 0 Å². The van der Waals surface area contributed by atoms with Crippen molar-refractivity contribution in [2.24, 2.45) is 5.92 Å². The van der Waals surface area contributed by atoms with E-state index < -0.39 is 0 Å². The molecule has 2 N–H and O–H groups in total. The van der Waals surface area contributed by atoms with Crippen molar-refractivity contribution < 1.29 is 0 Å². The normalized spacial score (nSPS) is 16.1. The average molecular weight is 206 g/mol. The number of hydrogen-bond acceptors (Lipinski definition) is 4. The fraction of sp³-hybridized carbons (Fsp3) is 0.636. The van der Waals surface area contributed by atoms with Gasteiger partial charge in [0.2, 0.25) is 0 Å². The molecule has 15 heavy (non-hydrogen) atoms. The number of anilines is 2. The Hall–Kier alpha value is -1.32. The van der Waals surface area contributed by atoms with Crippen LogP contribution in [0.1, 0.15) is 26.2 Å². The molecule has 0 unspecified atom stereocenters. The fourth-order valence-electron chi connectivity index (χ4n) is 1.95. The predicted octanol–water partition coefficient (Wildman–Crippen LogP) is 1.69. The van der Waals surface area contributed by atoms with Crippen LogP contribution in [-0.4, -0.2) is 23.1 Å². The summed E-state index contributed by atoms with van der Waals surface area (Å²) in [7, 11) is 0. The van der Waals surface area contributed by atoms with E-state index in [2.05, 4.69) is 21.8 Å². The minimum Gasteiger partial charge on any atom is -0.394 e. The van der Waals surface area contributed by atoms with Gasteiger partial charge in [-0.15, -0.1) is 0 Å². The summed E-state index contributed by atoms with van der Waals surface area (Å²) in [4.78, 5) is 10.4. The van der Waals surface area contributed by atoms with E-state index in [1.54, 1.807) is 12.5 Å². The Kier molecular flexibility index (Phi) is 3.04. The van der Waals surface area contributed by atoms with Crippen molar-refractivity contribution in [1.29, 1.82) is 0 Å². The Labute approximate surface area is 90.5 Å². The molecule has 1 saturated carbocycles. The number of nitrogen functional groups attached to an aromatic ring is 1. The summed E-state index contributed by atoms with van der Waals surface area (Å²) in [6, 6.07) is 0. The molecule has 0 spiro atoms. The maximum atomic E-state index is 5.87. The molecule has 4 heteroatoms. The molecule has 0 bridgehead atoms. The van der Waals surface area contributed by atoms with Gasteiger partial charge in [0.15, 0.2) is 5.82 Å². The van der Waals surface area contributed by atoms with Crippen LogP contribution >= 0.6 is 0 Å². The molecule has 1 aliphatic carbocycles. The van der Waals surface area contributed by atoms with Crippen LogP contribution in [0.3, 0.4) is 0 Å². The molecular formula is C11H18N4.